The average molecular weight is 396 g/mol. The van der Waals surface area contributed by atoms with Gasteiger partial charge in [0.05, 0.1) is 0 Å². The number of ketones is 2. The van der Waals surface area contributed by atoms with Gasteiger partial charge in [0.2, 0.25) is 11.6 Å². The van der Waals surface area contributed by atoms with Crippen molar-refractivity contribution in [2.24, 2.45) is 0 Å². The lowest BCUT2D eigenvalue weighted by molar-refractivity contribution is 0.102. The van der Waals surface area contributed by atoms with Crippen LogP contribution in [-0.4, -0.2) is 30.3 Å². The lowest BCUT2D eigenvalue weighted by Crippen LogP contribution is -2.27. The molecular formula is C22H12N4O4. The van der Waals surface area contributed by atoms with Crippen LogP contribution in [0.15, 0.2) is 82.9 Å². The number of carbonyl (C=O) groups is 2. The van der Waals surface area contributed by atoms with Crippen LogP contribution in [-0.2, 0) is 0 Å². The van der Waals surface area contributed by atoms with E-state index in [-0.39, 0.29) is 22.4 Å². The van der Waals surface area contributed by atoms with Crippen molar-refractivity contribution in [1.82, 2.24) is 18.8 Å². The minimum Gasteiger partial charge on any atom is -0.287 e. The van der Waals surface area contributed by atoms with Crippen LogP contribution in [0.25, 0.3) is 11.0 Å². The van der Waals surface area contributed by atoms with Crippen LogP contribution in [0.5, 0.6) is 0 Å². The zero-order valence-corrected chi connectivity index (χ0v) is 15.4. The van der Waals surface area contributed by atoms with E-state index in [1.807, 2.05) is 0 Å². The van der Waals surface area contributed by atoms with Crippen molar-refractivity contribution in [1.29, 1.82) is 0 Å². The highest BCUT2D eigenvalue weighted by atomic mass is 16.2. The summed E-state index contributed by atoms with van der Waals surface area (Å²) in [6, 6.07) is 16.7. The molecule has 3 aromatic heterocycles. The Labute approximate surface area is 168 Å². The largest absolute Gasteiger partial charge is 0.287 e. The van der Waals surface area contributed by atoms with Crippen LogP contribution in [0.3, 0.4) is 0 Å². The maximum atomic E-state index is 13.1. The Hall–Kier alpha value is -4.46. The molecule has 0 N–H and O–H groups in total. The van der Waals surface area contributed by atoms with E-state index in [0.717, 1.165) is 21.5 Å². The predicted octanol–water partition coefficient (Wildman–Crippen LogP) is 1.60. The van der Waals surface area contributed by atoms with Crippen LogP contribution >= 0.6 is 0 Å². The summed E-state index contributed by atoms with van der Waals surface area (Å²) in [6.45, 7) is 0. The Kier molecular flexibility index (Phi) is 3.85. The Morgan fingerprint density at radius 2 is 0.967 bits per heavy atom. The standard InChI is InChI=1S/C22H12N4O4/c27-19(13-7-3-1-4-8-13)15-17-21(29)26-12-24-16(18(26)22(30)25(17)11-23-15)20(28)14-9-5-2-6-10-14/h1-12H. The van der Waals surface area contributed by atoms with Gasteiger partial charge in [0.1, 0.15) is 35.1 Å². The van der Waals surface area contributed by atoms with Crippen LogP contribution < -0.4 is 11.1 Å². The molecule has 3 heterocycles. The highest BCUT2D eigenvalue weighted by molar-refractivity contribution is 6.13. The molecule has 0 spiro atoms. The highest BCUT2D eigenvalue weighted by Gasteiger charge is 2.25. The third-order valence-electron chi connectivity index (χ3n) is 4.88. The van der Waals surface area contributed by atoms with E-state index in [2.05, 4.69) is 9.97 Å². The molecule has 5 aromatic rings. The highest BCUT2D eigenvalue weighted by Crippen LogP contribution is 2.14. The average Bonchev–Trinajstić information content (AvgIpc) is 3.43. The molecule has 0 radical (unpaired) electrons. The lowest BCUT2D eigenvalue weighted by atomic mass is 10.1. The van der Waals surface area contributed by atoms with E-state index in [1.54, 1.807) is 60.7 Å². The molecule has 2 aromatic carbocycles. The van der Waals surface area contributed by atoms with E-state index in [4.69, 9.17) is 0 Å². The molecule has 0 bridgehead atoms. The summed E-state index contributed by atoms with van der Waals surface area (Å²) < 4.78 is 1.99. The topological polar surface area (TPSA) is 103 Å². The zero-order valence-electron chi connectivity index (χ0n) is 15.4. The molecule has 0 amide bonds. The summed E-state index contributed by atoms with van der Waals surface area (Å²) in [5.41, 5.74) is -1.19. The van der Waals surface area contributed by atoms with E-state index in [9.17, 15) is 19.2 Å². The van der Waals surface area contributed by atoms with Gasteiger partial charge in [0.25, 0.3) is 11.1 Å². The first-order valence-electron chi connectivity index (χ1n) is 9.01. The number of hydrogen-bond donors (Lipinski definition) is 0. The Balaban J connectivity index is 1.76. The molecule has 30 heavy (non-hydrogen) atoms. The van der Waals surface area contributed by atoms with Crippen molar-refractivity contribution in [2.75, 3.05) is 0 Å². The fraction of sp³-hybridized carbons (Fsp3) is 0. The molecule has 0 atom stereocenters. The third-order valence-corrected chi connectivity index (χ3v) is 4.88. The second kappa shape index (κ2) is 6.56. The molecule has 0 aliphatic carbocycles. The maximum absolute atomic E-state index is 13.1. The second-order valence-corrected chi connectivity index (χ2v) is 6.62. The third kappa shape index (κ3) is 2.47. The van der Waals surface area contributed by atoms with E-state index in [0.29, 0.717) is 11.1 Å². The number of nitrogens with zero attached hydrogens (tertiary/aromatic N) is 4. The van der Waals surface area contributed by atoms with Crippen molar-refractivity contribution in [3.63, 3.8) is 0 Å². The predicted molar refractivity (Wildman–Crippen MR) is 107 cm³/mol. The van der Waals surface area contributed by atoms with Gasteiger partial charge in [-0.25, -0.2) is 9.97 Å². The fourth-order valence-corrected chi connectivity index (χ4v) is 3.43. The van der Waals surface area contributed by atoms with Gasteiger partial charge in [0.15, 0.2) is 0 Å². The van der Waals surface area contributed by atoms with E-state index < -0.39 is 22.7 Å². The molecular weight excluding hydrogens is 384 g/mol. The number of rotatable bonds is 4. The summed E-state index contributed by atoms with van der Waals surface area (Å²) in [7, 11) is 0. The summed E-state index contributed by atoms with van der Waals surface area (Å²) >= 11 is 0. The molecule has 5 rings (SSSR count). The number of imidazole rings is 2. The molecule has 0 saturated carbocycles. The molecule has 0 fully saturated rings. The monoisotopic (exact) mass is 396 g/mol. The minimum atomic E-state index is -0.652. The van der Waals surface area contributed by atoms with Gasteiger partial charge in [-0.05, 0) is 0 Å². The Morgan fingerprint density at radius 3 is 1.33 bits per heavy atom. The zero-order chi connectivity index (χ0) is 20.8. The van der Waals surface area contributed by atoms with Gasteiger partial charge in [0, 0.05) is 11.1 Å². The van der Waals surface area contributed by atoms with Crippen molar-refractivity contribution < 1.29 is 9.59 Å². The first-order chi connectivity index (χ1) is 14.6. The van der Waals surface area contributed by atoms with E-state index >= 15 is 0 Å². The smallest absolute Gasteiger partial charge is 0.283 e. The molecule has 0 unspecified atom stereocenters. The Bertz CT molecular complexity index is 1430. The Morgan fingerprint density at radius 1 is 0.600 bits per heavy atom. The summed E-state index contributed by atoms with van der Waals surface area (Å²) in [5.74, 6) is -0.954. The van der Waals surface area contributed by atoms with Gasteiger partial charge in [-0.2, -0.15) is 0 Å². The molecule has 0 saturated heterocycles. The minimum absolute atomic E-state index is 0.130. The lowest BCUT2D eigenvalue weighted by Gasteiger charge is -2.01. The van der Waals surface area contributed by atoms with Gasteiger partial charge < -0.3 is 0 Å². The van der Waals surface area contributed by atoms with Gasteiger partial charge in [-0.3, -0.25) is 28.0 Å². The molecule has 144 valence electrons. The van der Waals surface area contributed by atoms with E-state index in [1.165, 1.54) is 0 Å². The normalized spacial score (nSPS) is 11.2. The van der Waals surface area contributed by atoms with Gasteiger partial charge in [-0.15, -0.1) is 0 Å². The van der Waals surface area contributed by atoms with Gasteiger partial charge >= 0.3 is 0 Å². The van der Waals surface area contributed by atoms with Crippen molar-refractivity contribution >= 4 is 22.6 Å². The van der Waals surface area contributed by atoms with Crippen LogP contribution in [0.2, 0.25) is 0 Å². The molecule has 0 aliphatic rings. The fourth-order valence-electron chi connectivity index (χ4n) is 3.43. The van der Waals surface area contributed by atoms with Crippen molar-refractivity contribution in [2.45, 2.75) is 0 Å². The number of fused-ring (bicyclic) bond motifs is 2. The van der Waals surface area contributed by atoms with Crippen LogP contribution in [0.1, 0.15) is 32.1 Å². The van der Waals surface area contributed by atoms with Crippen LogP contribution in [0.4, 0.5) is 0 Å². The quantitative estimate of drug-likeness (QED) is 0.428. The molecule has 0 aliphatic heterocycles. The molecule has 8 heteroatoms. The van der Waals surface area contributed by atoms with Crippen molar-refractivity contribution in [3.05, 3.63) is 117 Å². The summed E-state index contributed by atoms with van der Waals surface area (Å²) in [5, 5.41) is 0. The second-order valence-electron chi connectivity index (χ2n) is 6.62. The van der Waals surface area contributed by atoms with Gasteiger partial charge in [-0.1, -0.05) is 60.7 Å². The van der Waals surface area contributed by atoms with Crippen molar-refractivity contribution in [3.8, 4) is 0 Å². The number of hydrogen-bond acceptors (Lipinski definition) is 6. The number of carbonyl (C=O) groups excluding carboxylic acids is 2. The van der Waals surface area contributed by atoms with Crippen LogP contribution in [0, 0.1) is 0 Å². The summed E-state index contributed by atoms with van der Waals surface area (Å²) in [6.07, 6.45) is 2.25. The first-order valence-corrected chi connectivity index (χ1v) is 9.01. The first kappa shape index (κ1) is 17.6. The number of aromatic nitrogens is 4. The SMILES string of the molecule is O=C(c1ccccc1)c1ncn2c(=O)c3c(C(=O)c4ccccc4)ncn3c(=O)c12. The molecule has 8 nitrogen and oxygen atoms in total. The maximum Gasteiger partial charge on any atom is 0.283 e. The number of benzene rings is 2. The summed E-state index contributed by atoms with van der Waals surface area (Å²) in [4.78, 5) is 59.9.